The van der Waals surface area contributed by atoms with E-state index in [2.05, 4.69) is 5.32 Å². The lowest BCUT2D eigenvalue weighted by atomic mass is 10.1. The number of nitrogens with zero attached hydrogens (tertiary/aromatic N) is 1. The van der Waals surface area contributed by atoms with Crippen LogP contribution in [0.3, 0.4) is 0 Å². The third-order valence-corrected chi connectivity index (χ3v) is 7.11. The van der Waals surface area contributed by atoms with Crippen molar-refractivity contribution in [2.24, 2.45) is 0 Å². The van der Waals surface area contributed by atoms with Gasteiger partial charge in [0.05, 0.1) is 22.1 Å². The molecule has 0 spiro atoms. The van der Waals surface area contributed by atoms with Gasteiger partial charge in [0.2, 0.25) is 0 Å². The van der Waals surface area contributed by atoms with Crippen LogP contribution in [0, 0.1) is 9.39 Å². The van der Waals surface area contributed by atoms with Crippen LogP contribution in [0.1, 0.15) is 11.1 Å². The van der Waals surface area contributed by atoms with Crippen molar-refractivity contribution >= 4 is 74.8 Å². The molecule has 0 radical (unpaired) electrons. The molecule has 1 saturated heterocycles. The highest BCUT2D eigenvalue weighted by Gasteiger charge is 2.35. The van der Waals surface area contributed by atoms with Crippen LogP contribution in [0.15, 0.2) is 65.6 Å². The van der Waals surface area contributed by atoms with E-state index in [1.54, 1.807) is 42.5 Å². The number of methoxy groups -OCH3 is 1. The first-order chi connectivity index (χ1) is 17.7. The predicted molar refractivity (Wildman–Crippen MR) is 149 cm³/mol. The first-order valence-electron chi connectivity index (χ1n) is 10.8. The van der Waals surface area contributed by atoms with E-state index < -0.39 is 17.6 Å². The number of thioether (sulfide) groups is 1. The van der Waals surface area contributed by atoms with Crippen molar-refractivity contribution in [3.8, 4) is 11.5 Å². The number of halogens is 3. The first-order valence-corrected chi connectivity index (χ1v) is 13.1. The highest BCUT2D eigenvalue weighted by Crippen LogP contribution is 2.37. The summed E-state index contributed by atoms with van der Waals surface area (Å²) < 4.78 is 24.8. The van der Waals surface area contributed by atoms with Crippen molar-refractivity contribution in [2.75, 3.05) is 19.0 Å². The molecule has 0 unspecified atom stereocenters. The maximum absolute atomic E-state index is 13.0. The molecule has 11 heteroatoms. The van der Waals surface area contributed by atoms with Crippen LogP contribution >= 0.6 is 46.0 Å². The quantitative estimate of drug-likeness (QED) is 0.226. The van der Waals surface area contributed by atoms with Crippen LogP contribution in [0.25, 0.3) is 6.08 Å². The molecule has 1 fully saturated rings. The average molecular weight is 653 g/mol. The summed E-state index contributed by atoms with van der Waals surface area (Å²) in [6, 6.07) is 15.7. The molecule has 3 aromatic carbocycles. The Morgan fingerprint density at radius 1 is 1.14 bits per heavy atom. The second-order valence-corrected chi connectivity index (χ2v) is 10.4. The summed E-state index contributed by atoms with van der Waals surface area (Å²) >= 11 is 8.81. The molecule has 1 N–H and O–H groups in total. The molecule has 3 aromatic rings. The summed E-state index contributed by atoms with van der Waals surface area (Å²) in [5, 5.41) is 2.83. The van der Waals surface area contributed by atoms with Gasteiger partial charge in [-0.15, -0.1) is 0 Å². The van der Waals surface area contributed by atoms with Crippen molar-refractivity contribution in [1.29, 1.82) is 0 Å². The fraction of sp³-hybridized carbons (Fsp3) is 0.115. The number of hydrogen-bond acceptors (Lipinski definition) is 6. The lowest BCUT2D eigenvalue weighted by Gasteiger charge is -2.14. The van der Waals surface area contributed by atoms with Gasteiger partial charge in [0, 0.05) is 10.7 Å². The molecule has 190 valence electrons. The standard InChI is InChI=1S/C26H19ClFIN2O5S/c1-35-21-11-16(10-20(29)24(21)36-14-23(32)30-19-8-6-18(28)7-9-19)12-22-25(33)31(26(34)37-22)13-15-2-4-17(27)5-3-15/h2-12H,13-14H2,1H3,(H,30,32)/b22-12+. The Morgan fingerprint density at radius 3 is 2.51 bits per heavy atom. The van der Waals surface area contributed by atoms with Gasteiger partial charge in [0.15, 0.2) is 18.1 Å². The molecule has 4 rings (SSSR count). The lowest BCUT2D eigenvalue weighted by molar-refractivity contribution is -0.123. The largest absolute Gasteiger partial charge is 0.493 e. The summed E-state index contributed by atoms with van der Waals surface area (Å²) in [5.74, 6) is -0.516. The molecule has 3 amide bonds. The molecule has 0 bridgehead atoms. The van der Waals surface area contributed by atoms with Crippen LogP contribution in [0.5, 0.6) is 11.5 Å². The van der Waals surface area contributed by atoms with E-state index in [0.717, 1.165) is 17.3 Å². The minimum Gasteiger partial charge on any atom is -0.493 e. The smallest absolute Gasteiger partial charge is 0.293 e. The molecular weight excluding hydrogens is 634 g/mol. The fourth-order valence-corrected chi connectivity index (χ4v) is 5.14. The Balaban J connectivity index is 1.45. The maximum atomic E-state index is 13.0. The number of rotatable bonds is 8. The first kappa shape index (κ1) is 27.0. The van der Waals surface area contributed by atoms with E-state index >= 15 is 0 Å². The van der Waals surface area contributed by atoms with Gasteiger partial charge in [0.1, 0.15) is 5.82 Å². The van der Waals surface area contributed by atoms with E-state index in [0.29, 0.717) is 31.3 Å². The normalized spacial score (nSPS) is 14.3. The van der Waals surface area contributed by atoms with E-state index in [1.807, 2.05) is 22.6 Å². The Morgan fingerprint density at radius 2 is 1.84 bits per heavy atom. The number of benzene rings is 3. The minimum absolute atomic E-state index is 0.146. The Bertz CT molecular complexity index is 1380. The number of nitrogens with one attached hydrogen (secondary N) is 1. The third kappa shape index (κ3) is 6.82. The number of hydrogen-bond donors (Lipinski definition) is 1. The zero-order valence-electron chi connectivity index (χ0n) is 19.3. The van der Waals surface area contributed by atoms with Crippen LogP contribution < -0.4 is 14.8 Å². The monoisotopic (exact) mass is 652 g/mol. The molecule has 0 aliphatic carbocycles. The van der Waals surface area contributed by atoms with Gasteiger partial charge >= 0.3 is 0 Å². The van der Waals surface area contributed by atoms with Crippen molar-refractivity contribution < 1.29 is 28.2 Å². The predicted octanol–water partition coefficient (Wildman–Crippen LogP) is 6.35. The molecule has 0 aromatic heterocycles. The minimum atomic E-state index is -0.428. The fourth-order valence-electron chi connectivity index (χ4n) is 3.39. The SMILES string of the molecule is COc1cc(/C=C2/SC(=O)N(Cc3ccc(Cl)cc3)C2=O)cc(I)c1OCC(=O)Nc1ccc(F)cc1. The summed E-state index contributed by atoms with van der Waals surface area (Å²) in [6.07, 6.45) is 1.61. The van der Waals surface area contributed by atoms with Crippen molar-refractivity contribution in [3.05, 3.63) is 91.1 Å². The van der Waals surface area contributed by atoms with E-state index in [-0.39, 0.29) is 23.3 Å². The number of carbonyl (C=O) groups excluding carboxylic acids is 3. The van der Waals surface area contributed by atoms with Gasteiger partial charge in [-0.1, -0.05) is 23.7 Å². The number of carbonyl (C=O) groups is 3. The zero-order valence-corrected chi connectivity index (χ0v) is 23.0. The van der Waals surface area contributed by atoms with Gasteiger partial charge < -0.3 is 14.8 Å². The number of imide groups is 1. The molecular formula is C26H19ClFIN2O5S. The molecule has 1 heterocycles. The zero-order chi connectivity index (χ0) is 26.5. The summed E-state index contributed by atoms with van der Waals surface area (Å²) in [6.45, 7) is -0.153. The summed E-state index contributed by atoms with van der Waals surface area (Å²) in [4.78, 5) is 39.1. The maximum Gasteiger partial charge on any atom is 0.293 e. The van der Waals surface area contributed by atoms with Gasteiger partial charge in [-0.2, -0.15) is 0 Å². The average Bonchev–Trinajstić information content (AvgIpc) is 3.13. The highest BCUT2D eigenvalue weighted by atomic mass is 127. The highest BCUT2D eigenvalue weighted by molar-refractivity contribution is 14.1. The lowest BCUT2D eigenvalue weighted by Crippen LogP contribution is -2.27. The third-order valence-electron chi connectivity index (χ3n) is 5.15. The van der Waals surface area contributed by atoms with Gasteiger partial charge in [-0.3, -0.25) is 19.3 Å². The summed E-state index contributed by atoms with van der Waals surface area (Å²) in [7, 11) is 1.46. The van der Waals surface area contributed by atoms with Crippen molar-refractivity contribution in [3.63, 3.8) is 0 Å². The molecule has 7 nitrogen and oxygen atoms in total. The summed E-state index contributed by atoms with van der Waals surface area (Å²) in [5.41, 5.74) is 1.85. The van der Waals surface area contributed by atoms with Gasteiger partial charge in [0.25, 0.3) is 17.1 Å². The molecule has 0 saturated carbocycles. The molecule has 1 aliphatic rings. The van der Waals surface area contributed by atoms with Crippen LogP contribution in [0.4, 0.5) is 14.9 Å². The second-order valence-electron chi connectivity index (χ2n) is 7.77. The van der Waals surface area contributed by atoms with Crippen molar-refractivity contribution in [1.82, 2.24) is 4.90 Å². The number of ether oxygens (including phenoxy) is 2. The molecule has 37 heavy (non-hydrogen) atoms. The van der Waals surface area contributed by atoms with E-state index in [4.69, 9.17) is 21.1 Å². The van der Waals surface area contributed by atoms with E-state index in [9.17, 15) is 18.8 Å². The van der Waals surface area contributed by atoms with Crippen LogP contribution in [0.2, 0.25) is 5.02 Å². The Kier molecular flexibility index (Phi) is 8.72. The van der Waals surface area contributed by atoms with Crippen LogP contribution in [-0.4, -0.2) is 35.7 Å². The van der Waals surface area contributed by atoms with Gasteiger partial charge in [-0.25, -0.2) is 4.39 Å². The Labute approximate surface area is 235 Å². The second kappa shape index (κ2) is 12.0. The number of amides is 3. The Hall–Kier alpha value is -3.09. The topological polar surface area (TPSA) is 84.9 Å². The molecule has 1 aliphatic heterocycles. The number of anilines is 1. The van der Waals surface area contributed by atoms with Gasteiger partial charge in [-0.05, 0) is 100 Å². The molecule has 0 atom stereocenters. The van der Waals surface area contributed by atoms with Crippen LogP contribution in [-0.2, 0) is 16.1 Å². The van der Waals surface area contributed by atoms with E-state index in [1.165, 1.54) is 36.3 Å². The van der Waals surface area contributed by atoms with Crippen molar-refractivity contribution in [2.45, 2.75) is 6.54 Å².